The van der Waals surface area contributed by atoms with Crippen molar-refractivity contribution in [2.45, 2.75) is 65.1 Å². The van der Waals surface area contributed by atoms with E-state index in [1.54, 1.807) is 0 Å². The number of furan rings is 2. The third kappa shape index (κ3) is 3.30. The molecule has 0 bridgehead atoms. The number of aryl methyl sites for hydroxylation is 1. The standard InChI is InChI=1S/C32H31BO4/c1-6-7-9-19-12-13-20-22-14-15-25-24(28(22)34-27(20)18-19)17-16-23-21-10-8-11-26(30(21)35-29(23)25)33-36-31(2,3)32(4,5)37-33/h8,10-18H,6-7,9H2,1-5H3. The van der Waals surface area contributed by atoms with E-state index in [1.807, 2.05) is 6.07 Å². The van der Waals surface area contributed by atoms with Crippen LogP contribution in [-0.2, 0) is 15.7 Å². The molecule has 4 nitrogen and oxygen atoms in total. The van der Waals surface area contributed by atoms with Gasteiger partial charge in [0.2, 0.25) is 0 Å². The van der Waals surface area contributed by atoms with Crippen LogP contribution in [0.5, 0.6) is 0 Å². The summed E-state index contributed by atoms with van der Waals surface area (Å²) in [5.41, 5.74) is 4.95. The van der Waals surface area contributed by atoms with Crippen LogP contribution in [-0.4, -0.2) is 18.3 Å². The van der Waals surface area contributed by atoms with Crippen LogP contribution in [0, 0.1) is 0 Å². The number of hydrogen-bond acceptors (Lipinski definition) is 4. The van der Waals surface area contributed by atoms with Gasteiger partial charge in [-0.05, 0) is 76.4 Å². The van der Waals surface area contributed by atoms with Crippen LogP contribution in [0.25, 0.3) is 54.6 Å². The summed E-state index contributed by atoms with van der Waals surface area (Å²) in [7, 11) is -0.482. The monoisotopic (exact) mass is 490 g/mol. The van der Waals surface area contributed by atoms with Gasteiger partial charge in [-0.15, -0.1) is 0 Å². The molecule has 6 aromatic rings. The summed E-state index contributed by atoms with van der Waals surface area (Å²) in [6, 6.07) is 21.5. The quantitative estimate of drug-likeness (QED) is 0.233. The largest absolute Gasteiger partial charge is 0.498 e. The van der Waals surface area contributed by atoms with Gasteiger partial charge in [0.05, 0.1) is 11.2 Å². The summed E-state index contributed by atoms with van der Waals surface area (Å²) in [6.45, 7) is 10.5. The second-order valence-corrected chi connectivity index (χ2v) is 11.4. The van der Waals surface area contributed by atoms with Gasteiger partial charge >= 0.3 is 7.12 Å². The maximum absolute atomic E-state index is 6.63. The van der Waals surface area contributed by atoms with Crippen molar-refractivity contribution in [3.63, 3.8) is 0 Å². The van der Waals surface area contributed by atoms with Gasteiger partial charge in [0.15, 0.2) is 0 Å². The zero-order valence-electron chi connectivity index (χ0n) is 22.1. The molecule has 0 atom stereocenters. The van der Waals surface area contributed by atoms with E-state index in [-0.39, 0.29) is 0 Å². The molecular formula is C32H31BO4. The molecule has 0 radical (unpaired) electrons. The average molecular weight is 490 g/mol. The van der Waals surface area contributed by atoms with E-state index in [0.29, 0.717) is 0 Å². The van der Waals surface area contributed by atoms with Crippen LogP contribution in [0.3, 0.4) is 0 Å². The smallest absolute Gasteiger partial charge is 0.456 e. The molecular weight excluding hydrogens is 459 g/mol. The zero-order valence-corrected chi connectivity index (χ0v) is 22.1. The van der Waals surface area contributed by atoms with Gasteiger partial charge in [-0.25, -0.2) is 0 Å². The van der Waals surface area contributed by atoms with E-state index in [4.69, 9.17) is 18.1 Å². The van der Waals surface area contributed by atoms with E-state index in [1.165, 1.54) is 18.4 Å². The fourth-order valence-electron chi connectivity index (χ4n) is 5.65. The first kappa shape index (κ1) is 22.9. The Morgan fingerprint density at radius 1 is 0.649 bits per heavy atom. The van der Waals surface area contributed by atoms with Gasteiger partial charge in [-0.3, -0.25) is 0 Å². The van der Waals surface area contributed by atoms with Crippen LogP contribution < -0.4 is 5.46 Å². The molecule has 1 fully saturated rings. The molecule has 0 saturated carbocycles. The first-order valence-corrected chi connectivity index (χ1v) is 13.3. The van der Waals surface area contributed by atoms with Gasteiger partial charge in [0.25, 0.3) is 0 Å². The van der Waals surface area contributed by atoms with Crippen molar-refractivity contribution in [2.24, 2.45) is 0 Å². The Morgan fingerprint density at radius 3 is 1.86 bits per heavy atom. The highest BCUT2D eigenvalue weighted by Gasteiger charge is 2.52. The lowest BCUT2D eigenvalue weighted by molar-refractivity contribution is 0.00578. The van der Waals surface area contributed by atoms with Crippen molar-refractivity contribution in [3.05, 3.63) is 66.2 Å². The fraction of sp³-hybridized carbons (Fsp3) is 0.312. The van der Waals surface area contributed by atoms with Crippen LogP contribution in [0.15, 0.2) is 69.5 Å². The van der Waals surface area contributed by atoms with Crippen molar-refractivity contribution in [1.29, 1.82) is 0 Å². The van der Waals surface area contributed by atoms with Crippen LogP contribution in [0.2, 0.25) is 0 Å². The lowest BCUT2D eigenvalue weighted by atomic mass is 9.78. The molecule has 5 heteroatoms. The predicted molar refractivity (Wildman–Crippen MR) is 153 cm³/mol. The summed E-state index contributed by atoms with van der Waals surface area (Å²) < 4.78 is 25.8. The molecule has 0 spiro atoms. The molecule has 1 aliphatic rings. The Bertz CT molecular complexity index is 1820. The van der Waals surface area contributed by atoms with Crippen LogP contribution in [0.4, 0.5) is 0 Å². The molecule has 0 amide bonds. The Balaban J connectivity index is 1.42. The molecule has 1 aliphatic heterocycles. The van der Waals surface area contributed by atoms with Gasteiger partial charge in [0.1, 0.15) is 22.3 Å². The molecule has 7 rings (SSSR count). The zero-order chi connectivity index (χ0) is 25.5. The van der Waals surface area contributed by atoms with Crippen LogP contribution >= 0.6 is 0 Å². The van der Waals surface area contributed by atoms with Crippen LogP contribution in [0.1, 0.15) is 53.0 Å². The predicted octanol–water partition coefficient (Wildman–Crippen LogP) is 8.28. The molecule has 0 aliphatic carbocycles. The van der Waals surface area contributed by atoms with Crippen molar-refractivity contribution >= 4 is 67.2 Å². The molecule has 1 saturated heterocycles. The second-order valence-electron chi connectivity index (χ2n) is 11.4. The maximum Gasteiger partial charge on any atom is 0.498 e. The molecule has 4 aromatic carbocycles. The van der Waals surface area contributed by atoms with E-state index in [0.717, 1.165) is 66.5 Å². The minimum atomic E-state index is -0.482. The SMILES string of the molecule is CCCCc1ccc2c(c1)oc1c2ccc2c1ccc1c3cccc(B4OC(C)(C)C(C)(C)O4)c3oc12. The molecule has 37 heavy (non-hydrogen) atoms. The Kier molecular flexibility index (Phi) is 4.86. The summed E-state index contributed by atoms with van der Waals surface area (Å²) >= 11 is 0. The number of rotatable bonds is 4. The summed E-state index contributed by atoms with van der Waals surface area (Å²) in [5, 5.41) is 6.55. The topological polar surface area (TPSA) is 44.7 Å². The average Bonchev–Trinajstić information content (AvgIpc) is 3.50. The van der Waals surface area contributed by atoms with Gasteiger partial charge in [0, 0.05) is 37.8 Å². The number of benzene rings is 4. The summed E-state index contributed by atoms with van der Waals surface area (Å²) in [4.78, 5) is 0. The highest BCUT2D eigenvalue weighted by Crippen LogP contribution is 2.41. The Morgan fingerprint density at radius 2 is 1.22 bits per heavy atom. The van der Waals surface area contributed by atoms with Gasteiger partial charge in [-0.2, -0.15) is 0 Å². The number of unbranched alkanes of at least 4 members (excludes halogenated alkanes) is 1. The molecule has 2 aromatic heterocycles. The third-order valence-corrected chi connectivity index (χ3v) is 8.52. The third-order valence-electron chi connectivity index (χ3n) is 8.52. The normalized spacial score (nSPS) is 17.3. The summed E-state index contributed by atoms with van der Waals surface area (Å²) in [5.74, 6) is 0. The molecule has 0 N–H and O–H groups in total. The number of hydrogen-bond donors (Lipinski definition) is 0. The van der Waals surface area contributed by atoms with Crippen molar-refractivity contribution in [3.8, 4) is 0 Å². The minimum absolute atomic E-state index is 0.415. The fourth-order valence-corrected chi connectivity index (χ4v) is 5.65. The molecule has 3 heterocycles. The van der Waals surface area contributed by atoms with E-state index >= 15 is 0 Å². The van der Waals surface area contributed by atoms with E-state index in [2.05, 4.69) is 89.2 Å². The Labute approximate surface area is 216 Å². The van der Waals surface area contributed by atoms with E-state index < -0.39 is 18.3 Å². The molecule has 0 unspecified atom stereocenters. The molecule has 186 valence electrons. The number of fused-ring (bicyclic) bond motifs is 9. The first-order chi connectivity index (χ1) is 17.8. The van der Waals surface area contributed by atoms with E-state index in [9.17, 15) is 0 Å². The highest BCUT2D eigenvalue weighted by atomic mass is 16.7. The van der Waals surface area contributed by atoms with Crippen molar-refractivity contribution in [1.82, 2.24) is 0 Å². The Hall–Kier alpha value is -3.28. The maximum atomic E-state index is 6.63. The van der Waals surface area contributed by atoms with Gasteiger partial charge in [-0.1, -0.05) is 43.7 Å². The number of para-hydroxylation sites is 1. The highest BCUT2D eigenvalue weighted by molar-refractivity contribution is 6.65. The first-order valence-electron chi connectivity index (χ1n) is 13.3. The van der Waals surface area contributed by atoms with Crippen molar-refractivity contribution in [2.75, 3.05) is 0 Å². The van der Waals surface area contributed by atoms with Crippen molar-refractivity contribution < 1.29 is 18.1 Å². The minimum Gasteiger partial charge on any atom is -0.456 e. The second kappa shape index (κ2) is 7.86. The lowest BCUT2D eigenvalue weighted by Crippen LogP contribution is -2.41. The summed E-state index contributed by atoms with van der Waals surface area (Å²) in [6.07, 6.45) is 3.45. The lowest BCUT2D eigenvalue weighted by Gasteiger charge is -2.32. The van der Waals surface area contributed by atoms with Gasteiger partial charge < -0.3 is 18.1 Å².